The largest absolute Gasteiger partial charge is 0.449 e. The quantitative estimate of drug-likeness (QED) is 0.648. The maximum atomic E-state index is 13.1. The van der Waals surface area contributed by atoms with Gasteiger partial charge in [-0.2, -0.15) is 0 Å². The molecule has 162 valence electrons. The molecule has 1 fully saturated rings. The summed E-state index contributed by atoms with van der Waals surface area (Å²) in [5.41, 5.74) is 3.97. The predicted molar refractivity (Wildman–Crippen MR) is 120 cm³/mol. The lowest BCUT2D eigenvalue weighted by Gasteiger charge is -2.34. The third-order valence-electron chi connectivity index (χ3n) is 5.38. The molecule has 0 saturated carbocycles. The van der Waals surface area contributed by atoms with Crippen LogP contribution in [0, 0.1) is 6.92 Å². The fourth-order valence-electron chi connectivity index (χ4n) is 3.68. The third kappa shape index (κ3) is 4.51. The highest BCUT2D eigenvalue weighted by atomic mass is 35.5. The van der Waals surface area contributed by atoms with Gasteiger partial charge in [0.05, 0.1) is 22.8 Å². The van der Waals surface area contributed by atoms with Gasteiger partial charge in [0.15, 0.2) is 0 Å². The monoisotopic (exact) mass is 440 g/mol. The number of piperazine rings is 1. The van der Waals surface area contributed by atoms with Gasteiger partial charge in [-0.05, 0) is 37.6 Å². The van der Waals surface area contributed by atoms with Crippen LogP contribution < -0.4 is 0 Å². The molecule has 1 aliphatic heterocycles. The lowest BCUT2D eigenvalue weighted by atomic mass is 10.1. The molecule has 3 heterocycles. The fraction of sp³-hybridized carbons (Fsp3) is 0.348. The van der Waals surface area contributed by atoms with Crippen LogP contribution in [0.2, 0.25) is 5.02 Å². The molecular weight excluding hydrogens is 416 g/mol. The van der Waals surface area contributed by atoms with E-state index in [1.807, 2.05) is 38.2 Å². The molecule has 2 aromatic heterocycles. The zero-order valence-electron chi connectivity index (χ0n) is 17.7. The number of halogens is 1. The Morgan fingerprint density at radius 1 is 1.13 bits per heavy atom. The van der Waals surface area contributed by atoms with Crippen molar-refractivity contribution in [3.05, 3.63) is 52.8 Å². The van der Waals surface area contributed by atoms with E-state index in [1.165, 1.54) is 0 Å². The Kier molecular flexibility index (Phi) is 6.13. The Hall–Kier alpha value is -3.06. The molecule has 1 aliphatic rings. The molecule has 31 heavy (non-hydrogen) atoms. The average molecular weight is 441 g/mol. The van der Waals surface area contributed by atoms with Crippen LogP contribution in [0.1, 0.15) is 29.4 Å². The number of aromatic amines is 1. The first-order valence-electron chi connectivity index (χ1n) is 10.4. The van der Waals surface area contributed by atoms with Gasteiger partial charge in [0.25, 0.3) is 5.91 Å². The van der Waals surface area contributed by atoms with Gasteiger partial charge in [0.2, 0.25) is 0 Å². The molecular formula is C23H25ClN4O3. The second kappa shape index (κ2) is 8.98. The first-order chi connectivity index (χ1) is 15.0. The first kappa shape index (κ1) is 21.2. The minimum absolute atomic E-state index is 0.0794. The number of fused-ring (bicyclic) bond motifs is 1. The van der Waals surface area contributed by atoms with Gasteiger partial charge in [-0.25, -0.2) is 9.78 Å². The highest BCUT2D eigenvalue weighted by molar-refractivity contribution is 6.35. The van der Waals surface area contributed by atoms with Gasteiger partial charge >= 0.3 is 6.09 Å². The highest BCUT2D eigenvalue weighted by Gasteiger charge is 2.26. The molecule has 0 unspecified atom stereocenters. The Bertz CT molecular complexity index is 1120. The van der Waals surface area contributed by atoms with Crippen LogP contribution in [-0.2, 0) is 4.74 Å². The number of amides is 2. The summed E-state index contributed by atoms with van der Waals surface area (Å²) >= 11 is 6.49. The number of aromatic nitrogens is 2. The van der Waals surface area contributed by atoms with E-state index in [9.17, 15) is 9.59 Å². The van der Waals surface area contributed by atoms with Crippen LogP contribution in [0.15, 0.2) is 36.5 Å². The van der Waals surface area contributed by atoms with Crippen molar-refractivity contribution in [1.29, 1.82) is 0 Å². The molecule has 2 amide bonds. The number of rotatable bonds is 4. The van der Waals surface area contributed by atoms with Gasteiger partial charge in [-0.1, -0.05) is 24.6 Å². The summed E-state index contributed by atoms with van der Waals surface area (Å²) in [6.07, 6.45) is 2.36. The molecule has 7 nitrogen and oxygen atoms in total. The van der Waals surface area contributed by atoms with Crippen LogP contribution >= 0.6 is 11.6 Å². The Labute approximate surface area is 186 Å². The minimum Gasteiger partial charge on any atom is -0.449 e. The van der Waals surface area contributed by atoms with Gasteiger partial charge < -0.3 is 19.5 Å². The normalized spacial score (nSPS) is 14.2. The number of carbonyl (C=O) groups excluding carboxylic acids is 2. The minimum atomic E-state index is -0.314. The molecule has 0 radical (unpaired) electrons. The fourth-order valence-corrected chi connectivity index (χ4v) is 3.94. The van der Waals surface area contributed by atoms with Crippen LogP contribution in [0.5, 0.6) is 0 Å². The molecule has 0 spiro atoms. The van der Waals surface area contributed by atoms with E-state index in [0.29, 0.717) is 48.9 Å². The number of hydrogen-bond acceptors (Lipinski definition) is 4. The van der Waals surface area contributed by atoms with Crippen molar-refractivity contribution in [1.82, 2.24) is 19.8 Å². The van der Waals surface area contributed by atoms with Crippen LogP contribution in [0.25, 0.3) is 22.2 Å². The summed E-state index contributed by atoms with van der Waals surface area (Å²) in [5, 5.41) is 1.40. The van der Waals surface area contributed by atoms with Crippen molar-refractivity contribution >= 4 is 34.5 Å². The lowest BCUT2D eigenvalue weighted by Crippen LogP contribution is -2.50. The zero-order valence-corrected chi connectivity index (χ0v) is 18.4. The molecule has 0 aliphatic carbocycles. The van der Waals surface area contributed by atoms with Crippen molar-refractivity contribution in [2.45, 2.75) is 20.3 Å². The van der Waals surface area contributed by atoms with Crippen molar-refractivity contribution in [3.63, 3.8) is 0 Å². The van der Waals surface area contributed by atoms with Crippen LogP contribution in [-0.4, -0.2) is 64.6 Å². The van der Waals surface area contributed by atoms with E-state index in [-0.39, 0.29) is 12.0 Å². The number of carbonyl (C=O) groups is 2. The molecule has 8 heteroatoms. The summed E-state index contributed by atoms with van der Waals surface area (Å²) in [6, 6.07) is 9.24. The summed E-state index contributed by atoms with van der Waals surface area (Å²) < 4.78 is 5.18. The standard InChI is InChI=1S/C23H25ClN4O3/c1-3-10-31-23(30)28-8-6-27(7-9-28)22(29)16-4-5-18-19(24)13-20(26-21(18)12-16)17-11-15(2)25-14-17/h4-5,11-14,25H,3,6-10H2,1-2H3. The van der Waals surface area contributed by atoms with Gasteiger partial charge in [-0.15, -0.1) is 0 Å². The number of benzene rings is 1. The number of nitrogens with zero attached hydrogens (tertiary/aromatic N) is 3. The number of aryl methyl sites for hydroxylation is 1. The number of H-pyrrole nitrogens is 1. The summed E-state index contributed by atoms with van der Waals surface area (Å²) in [4.78, 5) is 36.3. The molecule has 0 atom stereocenters. The molecule has 1 N–H and O–H groups in total. The second-order valence-electron chi connectivity index (χ2n) is 7.69. The Morgan fingerprint density at radius 2 is 1.87 bits per heavy atom. The highest BCUT2D eigenvalue weighted by Crippen LogP contribution is 2.29. The lowest BCUT2D eigenvalue weighted by molar-refractivity contribution is 0.0560. The second-order valence-corrected chi connectivity index (χ2v) is 8.09. The molecule has 0 bridgehead atoms. The number of nitrogens with one attached hydrogen (secondary N) is 1. The molecule has 1 saturated heterocycles. The van der Waals surface area contributed by atoms with Crippen molar-refractivity contribution in [2.24, 2.45) is 0 Å². The predicted octanol–water partition coefficient (Wildman–Crippen LogP) is 4.50. The van der Waals surface area contributed by atoms with Crippen LogP contribution in [0.3, 0.4) is 0 Å². The van der Waals surface area contributed by atoms with E-state index < -0.39 is 0 Å². The molecule has 3 aromatic rings. The Morgan fingerprint density at radius 3 is 2.55 bits per heavy atom. The van der Waals surface area contributed by atoms with Gasteiger partial charge in [0, 0.05) is 54.6 Å². The van der Waals surface area contributed by atoms with E-state index >= 15 is 0 Å². The van der Waals surface area contributed by atoms with E-state index in [4.69, 9.17) is 21.3 Å². The number of ether oxygens (including phenoxy) is 1. The average Bonchev–Trinajstić information content (AvgIpc) is 3.23. The summed E-state index contributed by atoms with van der Waals surface area (Å²) in [7, 11) is 0. The van der Waals surface area contributed by atoms with E-state index in [1.54, 1.807) is 21.9 Å². The smallest absolute Gasteiger partial charge is 0.409 e. The van der Waals surface area contributed by atoms with E-state index in [0.717, 1.165) is 28.8 Å². The summed E-state index contributed by atoms with van der Waals surface area (Å²) in [5.74, 6) is -0.0794. The maximum Gasteiger partial charge on any atom is 0.409 e. The maximum absolute atomic E-state index is 13.1. The molecule has 4 rings (SSSR count). The topological polar surface area (TPSA) is 78.5 Å². The summed E-state index contributed by atoms with van der Waals surface area (Å²) in [6.45, 7) is 6.20. The number of pyridine rings is 1. The zero-order chi connectivity index (χ0) is 22.0. The van der Waals surface area contributed by atoms with E-state index in [2.05, 4.69) is 4.98 Å². The number of hydrogen-bond donors (Lipinski definition) is 1. The Balaban J connectivity index is 1.52. The van der Waals surface area contributed by atoms with Gasteiger partial charge in [-0.3, -0.25) is 4.79 Å². The van der Waals surface area contributed by atoms with Crippen molar-refractivity contribution < 1.29 is 14.3 Å². The molecule has 1 aromatic carbocycles. The van der Waals surface area contributed by atoms with Gasteiger partial charge in [0.1, 0.15) is 0 Å². The first-order valence-corrected chi connectivity index (χ1v) is 10.8. The van der Waals surface area contributed by atoms with Crippen molar-refractivity contribution in [2.75, 3.05) is 32.8 Å². The SMILES string of the molecule is CCCOC(=O)N1CCN(C(=O)c2ccc3c(Cl)cc(-c4c[nH]c(C)c4)nc3c2)CC1. The third-order valence-corrected chi connectivity index (χ3v) is 5.70. The van der Waals surface area contributed by atoms with Crippen molar-refractivity contribution in [3.8, 4) is 11.3 Å². The van der Waals surface area contributed by atoms with Crippen LogP contribution in [0.4, 0.5) is 4.79 Å².